The van der Waals surface area contributed by atoms with Crippen molar-refractivity contribution >= 4 is 44.4 Å². The molecule has 0 saturated carbocycles. The Balaban J connectivity index is 1.63. The molecule has 0 amide bonds. The number of H-pyrrole nitrogens is 1. The molecule has 1 N–H and O–H groups in total. The van der Waals surface area contributed by atoms with Crippen LogP contribution in [0.25, 0.3) is 44.4 Å². The first-order valence-corrected chi connectivity index (χ1v) is 11.8. The molecule has 0 aliphatic carbocycles. The normalized spacial score (nSPS) is 12.5. The fraction of sp³-hybridized carbons (Fsp3) is 0.0417. The highest BCUT2D eigenvalue weighted by Crippen LogP contribution is 2.36. The van der Waals surface area contributed by atoms with Gasteiger partial charge in [-0.05, 0) is 47.5 Å². The second kappa shape index (κ2) is 7.99. The van der Waals surface area contributed by atoms with E-state index in [0.717, 1.165) is 27.4 Å². The smallest absolute Gasteiger partial charge is 0.248 e. The number of benzene rings is 3. The van der Waals surface area contributed by atoms with Gasteiger partial charge in [-0.1, -0.05) is 30.3 Å². The highest BCUT2D eigenvalue weighted by molar-refractivity contribution is 7.83. The summed E-state index contributed by atoms with van der Waals surface area (Å²) in [7, 11) is -1.52. The summed E-state index contributed by atoms with van der Waals surface area (Å²) >= 11 is 5.88. The lowest BCUT2D eigenvalue weighted by molar-refractivity contribution is 0.528. The van der Waals surface area contributed by atoms with E-state index < -0.39 is 11.0 Å². The summed E-state index contributed by atoms with van der Waals surface area (Å²) in [4.78, 5) is 3.91. The summed E-state index contributed by atoms with van der Waals surface area (Å²) in [5.74, 6) is 0.789. The fourth-order valence-electron chi connectivity index (χ4n) is 3.96. The maximum absolute atomic E-state index is 13.4. The molecule has 3 aromatic heterocycles. The third-order valence-electron chi connectivity index (χ3n) is 5.48. The van der Waals surface area contributed by atoms with Crippen LogP contribution in [0, 0.1) is 0 Å². The van der Waals surface area contributed by atoms with Gasteiger partial charge in [0.15, 0.2) is 11.0 Å². The molecule has 0 bridgehead atoms. The Morgan fingerprint density at radius 2 is 1.85 bits per heavy atom. The minimum atomic E-state index is -1.52. The molecule has 0 spiro atoms. The van der Waals surface area contributed by atoms with Gasteiger partial charge in [0.05, 0.1) is 22.2 Å². The largest absolute Gasteiger partial charge is 0.419 e. The monoisotopic (exact) mass is 473 g/mol. The van der Waals surface area contributed by atoms with Gasteiger partial charge >= 0.3 is 0 Å². The number of aromatic nitrogens is 5. The van der Waals surface area contributed by atoms with E-state index in [4.69, 9.17) is 16.0 Å². The molecule has 0 aliphatic rings. The van der Waals surface area contributed by atoms with Gasteiger partial charge in [0.25, 0.3) is 0 Å². The first-order valence-electron chi connectivity index (χ1n) is 10.2. The van der Waals surface area contributed by atoms with Crippen LogP contribution in [-0.2, 0) is 16.9 Å². The van der Waals surface area contributed by atoms with Crippen molar-refractivity contribution in [3.63, 3.8) is 0 Å². The van der Waals surface area contributed by atoms with Gasteiger partial charge in [0, 0.05) is 22.5 Å². The van der Waals surface area contributed by atoms with Gasteiger partial charge in [-0.15, -0.1) is 21.8 Å². The highest BCUT2D eigenvalue weighted by Gasteiger charge is 2.20. The van der Waals surface area contributed by atoms with E-state index in [9.17, 15) is 4.21 Å². The first-order chi connectivity index (χ1) is 16.2. The van der Waals surface area contributed by atoms with E-state index in [1.165, 1.54) is 4.09 Å². The van der Waals surface area contributed by atoms with Gasteiger partial charge in [0.2, 0.25) is 11.8 Å². The second-order valence-electron chi connectivity index (χ2n) is 7.42. The Kier molecular flexibility index (Phi) is 4.82. The summed E-state index contributed by atoms with van der Waals surface area (Å²) in [6.45, 7) is 0. The van der Waals surface area contributed by atoms with E-state index in [0.29, 0.717) is 27.8 Å². The predicted molar refractivity (Wildman–Crippen MR) is 128 cm³/mol. The van der Waals surface area contributed by atoms with Crippen LogP contribution in [-0.4, -0.2) is 28.6 Å². The van der Waals surface area contributed by atoms with Crippen molar-refractivity contribution in [2.75, 3.05) is 0 Å². The minimum absolute atomic E-state index is 0.121. The molecule has 33 heavy (non-hydrogen) atoms. The molecular formula is C24H16ClN5O2S. The van der Waals surface area contributed by atoms with E-state index in [2.05, 4.69) is 20.3 Å². The summed E-state index contributed by atoms with van der Waals surface area (Å²) < 4.78 is 20.7. The predicted octanol–water partition coefficient (Wildman–Crippen LogP) is 5.54. The third-order valence-corrected chi connectivity index (χ3v) is 6.98. The Hall–Kier alpha value is -3.75. The lowest BCUT2D eigenvalue weighted by Crippen LogP contribution is -2.06. The summed E-state index contributed by atoms with van der Waals surface area (Å²) in [6.07, 6.45) is 3.59. The van der Waals surface area contributed by atoms with Crippen molar-refractivity contribution in [1.29, 1.82) is 0 Å². The number of nitrogens with one attached hydrogen (secondary N) is 1. The number of hydrogen-bond acceptors (Lipinski definition) is 5. The molecule has 9 heteroatoms. The van der Waals surface area contributed by atoms with Crippen LogP contribution in [0.1, 0.15) is 5.89 Å². The van der Waals surface area contributed by atoms with Crippen molar-refractivity contribution < 1.29 is 8.63 Å². The zero-order chi connectivity index (χ0) is 22.4. The Morgan fingerprint density at radius 1 is 0.970 bits per heavy atom. The second-order valence-corrected chi connectivity index (χ2v) is 9.00. The summed E-state index contributed by atoms with van der Waals surface area (Å²) in [5.41, 5.74) is 4.36. The summed E-state index contributed by atoms with van der Waals surface area (Å²) in [6, 6.07) is 21.3. The van der Waals surface area contributed by atoms with Crippen LogP contribution in [0.3, 0.4) is 0 Å². The number of halogens is 1. The SMILES string of the molecule is O=S(c1ccccc1)n1ncc2c(-c3nnc(CCl)o3)cc(-c3cccc4[nH]ccc34)cc21. The standard InChI is InChI=1S/C24H16ClN5O2S/c25-13-23-28-29-24(32-23)19-11-15(17-7-4-8-21-18(17)9-10-26-21)12-22-20(19)14-27-30(22)33(31)16-5-2-1-3-6-16/h1-12,14,26H,13H2. The third kappa shape index (κ3) is 3.35. The minimum Gasteiger partial charge on any atom is -0.419 e. The molecular weight excluding hydrogens is 458 g/mol. The van der Waals surface area contributed by atoms with E-state index in [-0.39, 0.29) is 5.88 Å². The molecule has 6 rings (SSSR count). The van der Waals surface area contributed by atoms with Crippen molar-refractivity contribution in [3.05, 3.63) is 85.0 Å². The van der Waals surface area contributed by atoms with Crippen LogP contribution in [0.4, 0.5) is 0 Å². The van der Waals surface area contributed by atoms with Crippen molar-refractivity contribution in [1.82, 2.24) is 24.4 Å². The Morgan fingerprint density at radius 3 is 2.67 bits per heavy atom. The molecule has 3 aromatic carbocycles. The van der Waals surface area contributed by atoms with Crippen LogP contribution >= 0.6 is 11.6 Å². The number of nitrogens with zero attached hydrogens (tertiary/aromatic N) is 4. The zero-order valence-corrected chi connectivity index (χ0v) is 18.7. The molecule has 6 aromatic rings. The van der Waals surface area contributed by atoms with Crippen LogP contribution in [0.2, 0.25) is 0 Å². The molecule has 0 radical (unpaired) electrons. The number of rotatable bonds is 5. The maximum Gasteiger partial charge on any atom is 0.248 e. The molecule has 1 unspecified atom stereocenters. The fourth-order valence-corrected chi connectivity index (χ4v) is 5.12. The maximum atomic E-state index is 13.4. The van der Waals surface area contributed by atoms with Crippen LogP contribution in [0.15, 0.2) is 88.4 Å². The van der Waals surface area contributed by atoms with Crippen LogP contribution < -0.4 is 0 Å². The van der Waals surface area contributed by atoms with E-state index >= 15 is 0 Å². The van der Waals surface area contributed by atoms with E-state index in [1.807, 2.05) is 72.9 Å². The molecule has 0 aliphatic heterocycles. The molecule has 1 atom stereocenters. The van der Waals surface area contributed by atoms with Crippen molar-refractivity contribution in [3.8, 4) is 22.6 Å². The molecule has 0 fully saturated rings. The van der Waals surface area contributed by atoms with Crippen molar-refractivity contribution in [2.24, 2.45) is 0 Å². The number of hydrogen-bond donors (Lipinski definition) is 1. The number of fused-ring (bicyclic) bond motifs is 2. The molecule has 7 nitrogen and oxygen atoms in total. The van der Waals surface area contributed by atoms with Crippen LogP contribution in [0.5, 0.6) is 0 Å². The van der Waals surface area contributed by atoms with Gasteiger partial charge in [-0.25, -0.2) is 4.21 Å². The van der Waals surface area contributed by atoms with Gasteiger partial charge < -0.3 is 9.40 Å². The Bertz CT molecular complexity index is 1640. The lowest BCUT2D eigenvalue weighted by Gasteiger charge is -2.09. The van der Waals surface area contributed by atoms with Gasteiger partial charge in [-0.2, -0.15) is 9.19 Å². The van der Waals surface area contributed by atoms with Crippen molar-refractivity contribution in [2.45, 2.75) is 10.8 Å². The lowest BCUT2D eigenvalue weighted by atomic mass is 9.98. The molecule has 3 heterocycles. The average molecular weight is 474 g/mol. The van der Waals surface area contributed by atoms with E-state index in [1.54, 1.807) is 6.20 Å². The topological polar surface area (TPSA) is 89.6 Å². The first kappa shape index (κ1) is 19.9. The average Bonchev–Trinajstić information content (AvgIpc) is 3.62. The molecule has 0 saturated heterocycles. The number of alkyl halides is 1. The highest BCUT2D eigenvalue weighted by atomic mass is 35.5. The van der Waals surface area contributed by atoms with Gasteiger partial charge in [-0.3, -0.25) is 0 Å². The molecule has 162 valence electrons. The van der Waals surface area contributed by atoms with Gasteiger partial charge in [0.1, 0.15) is 5.88 Å². The zero-order valence-electron chi connectivity index (χ0n) is 17.1. The Labute approximate surface area is 195 Å². The quantitative estimate of drug-likeness (QED) is 0.332. The summed E-state index contributed by atoms with van der Waals surface area (Å²) in [5, 5.41) is 14.5. The number of aromatic amines is 1.